The van der Waals surface area contributed by atoms with Crippen LogP contribution in [0.1, 0.15) is 44.9 Å². The van der Waals surface area contributed by atoms with Gasteiger partial charge >= 0.3 is 0 Å². The molecule has 0 aliphatic heterocycles. The Morgan fingerprint density at radius 3 is 2.08 bits per heavy atom. The lowest BCUT2D eigenvalue weighted by molar-refractivity contribution is 1.05. The maximum atomic E-state index is 4.64. The third-order valence-electron chi connectivity index (χ3n) is 2.91. The largest absolute Gasteiger partial charge is 0.292 e. The first kappa shape index (κ1) is 21.2. The van der Waals surface area contributed by atoms with Gasteiger partial charge in [0.25, 0.3) is 0 Å². The van der Waals surface area contributed by atoms with Crippen molar-refractivity contribution in [3.8, 4) is 0 Å². The summed E-state index contributed by atoms with van der Waals surface area (Å²) in [6, 6.07) is 0. The van der Waals surface area contributed by atoms with Crippen LogP contribution >= 0.6 is 0 Å². The highest BCUT2D eigenvalue weighted by atomic mass is 15.1. The highest BCUT2D eigenvalue weighted by Gasteiger charge is 2.18. The van der Waals surface area contributed by atoms with Crippen molar-refractivity contribution in [1.82, 2.24) is 9.55 Å². The number of allylic oxidation sites excluding steroid dienone is 8. The standard InChI is InChI=1S/C18H16N2.2C2H6/c1-5-10-14(7-3)18-19-16-12-9-13-17(16)20(18)15(8-4)11-6-2;2*1-2/h5-8,10-13H,1-4H2;2*1-2H3/b14-10+,15-11+;;. The van der Waals surface area contributed by atoms with Crippen molar-refractivity contribution in [3.63, 3.8) is 0 Å². The highest BCUT2D eigenvalue weighted by molar-refractivity contribution is 5.81. The molecule has 0 spiro atoms. The molecule has 126 valence electrons. The van der Waals surface area contributed by atoms with Gasteiger partial charge in [0, 0.05) is 23.4 Å². The summed E-state index contributed by atoms with van der Waals surface area (Å²) >= 11 is 0. The second-order valence-corrected chi connectivity index (χ2v) is 4.09. The lowest BCUT2D eigenvalue weighted by Crippen LogP contribution is -2.02. The summed E-state index contributed by atoms with van der Waals surface area (Å²) < 4.78 is 2.01. The quantitative estimate of drug-likeness (QED) is 0.436. The van der Waals surface area contributed by atoms with Gasteiger partial charge < -0.3 is 0 Å². The molecule has 24 heavy (non-hydrogen) atoms. The molecule has 2 rings (SSSR count). The molecule has 0 saturated carbocycles. The molecule has 0 radical (unpaired) electrons. The summed E-state index contributed by atoms with van der Waals surface area (Å²) in [6.07, 6.45) is 14.5. The maximum Gasteiger partial charge on any atom is 0.145 e. The van der Waals surface area contributed by atoms with Crippen molar-refractivity contribution < 1.29 is 0 Å². The zero-order valence-electron chi connectivity index (χ0n) is 15.3. The zero-order valence-corrected chi connectivity index (χ0v) is 15.3. The van der Waals surface area contributed by atoms with E-state index in [-0.39, 0.29) is 0 Å². The van der Waals surface area contributed by atoms with Gasteiger partial charge in [-0.15, -0.1) is 5.73 Å². The predicted octanol–water partition coefficient (Wildman–Crippen LogP) is 6.54. The summed E-state index contributed by atoms with van der Waals surface area (Å²) in [6.45, 7) is 23.2. The number of hydrogen-bond acceptors (Lipinski definition) is 1. The van der Waals surface area contributed by atoms with E-state index in [2.05, 4.69) is 37.0 Å². The van der Waals surface area contributed by atoms with Gasteiger partial charge in [0.15, 0.2) is 0 Å². The van der Waals surface area contributed by atoms with E-state index in [1.165, 1.54) is 0 Å². The molecule has 0 bridgehead atoms. The van der Waals surface area contributed by atoms with Crippen LogP contribution in [0.4, 0.5) is 0 Å². The van der Waals surface area contributed by atoms with Gasteiger partial charge in [-0.1, -0.05) is 78.3 Å². The van der Waals surface area contributed by atoms with E-state index < -0.39 is 0 Å². The highest BCUT2D eigenvalue weighted by Crippen LogP contribution is 2.28. The number of aromatic nitrogens is 2. The Balaban J connectivity index is 0.00000123. The van der Waals surface area contributed by atoms with Crippen LogP contribution in [0, 0.1) is 0 Å². The van der Waals surface area contributed by atoms with E-state index in [1.807, 2.05) is 56.6 Å². The minimum Gasteiger partial charge on any atom is -0.292 e. The van der Waals surface area contributed by atoms with Crippen molar-refractivity contribution in [2.24, 2.45) is 0 Å². The number of hydrogen-bond donors (Lipinski definition) is 0. The molecule has 0 aromatic carbocycles. The van der Waals surface area contributed by atoms with Gasteiger partial charge in [-0.25, -0.2) is 4.98 Å². The summed E-state index contributed by atoms with van der Waals surface area (Å²) in [5.41, 5.74) is 6.71. The van der Waals surface area contributed by atoms with Gasteiger partial charge in [-0.2, -0.15) is 0 Å². The normalized spacial score (nSPS) is 11.5. The van der Waals surface area contributed by atoms with Crippen LogP contribution in [0.5, 0.6) is 0 Å². The molecule has 0 N–H and O–H groups in total. The third kappa shape index (κ3) is 4.58. The van der Waals surface area contributed by atoms with Gasteiger partial charge in [0.1, 0.15) is 5.82 Å². The van der Waals surface area contributed by atoms with E-state index in [1.54, 1.807) is 24.3 Å². The molecule has 0 fully saturated rings. The average Bonchev–Trinajstić information content (AvgIpc) is 3.22. The first-order valence-electron chi connectivity index (χ1n) is 8.23. The van der Waals surface area contributed by atoms with Crippen LogP contribution in [-0.4, -0.2) is 9.55 Å². The van der Waals surface area contributed by atoms with Crippen LogP contribution in [0.3, 0.4) is 0 Å². The van der Waals surface area contributed by atoms with Crippen LogP contribution in [0.25, 0.3) is 23.4 Å². The van der Waals surface area contributed by atoms with Crippen molar-refractivity contribution in [2.45, 2.75) is 27.7 Å². The second-order valence-electron chi connectivity index (χ2n) is 4.09. The Morgan fingerprint density at radius 2 is 1.58 bits per heavy atom. The van der Waals surface area contributed by atoms with Crippen LogP contribution in [0.2, 0.25) is 0 Å². The smallest absolute Gasteiger partial charge is 0.145 e. The molecule has 1 heterocycles. The van der Waals surface area contributed by atoms with Crippen LogP contribution in [0.15, 0.2) is 68.5 Å². The molecule has 1 aliphatic rings. The van der Waals surface area contributed by atoms with Gasteiger partial charge in [-0.05, 0) is 12.2 Å². The minimum atomic E-state index is 0.798. The summed E-state index contributed by atoms with van der Waals surface area (Å²) in [5, 5.41) is 0. The predicted molar refractivity (Wildman–Crippen MR) is 110 cm³/mol. The molecule has 1 aliphatic carbocycles. The van der Waals surface area contributed by atoms with Crippen molar-refractivity contribution >= 4 is 23.4 Å². The molecule has 2 nitrogen and oxygen atoms in total. The lowest BCUT2D eigenvalue weighted by atomic mass is 10.2. The fourth-order valence-electron chi connectivity index (χ4n) is 2.06. The van der Waals surface area contributed by atoms with E-state index in [0.29, 0.717) is 0 Å². The third-order valence-corrected chi connectivity index (χ3v) is 2.91. The number of imidazole rings is 1. The molecule has 0 unspecified atom stereocenters. The number of fused-ring (bicyclic) bond motifs is 1. The molecular weight excluding hydrogens is 292 g/mol. The summed E-state index contributed by atoms with van der Waals surface area (Å²) in [5.74, 6) is 0.798. The molecule has 0 amide bonds. The van der Waals surface area contributed by atoms with E-state index in [9.17, 15) is 0 Å². The molecule has 1 aromatic rings. The molecule has 0 saturated heterocycles. The first-order chi connectivity index (χ1) is 11.8. The SMILES string of the molecule is C=C/C=C(\C=C)c1nc2c(n1/C(C=C)=C/C=C)C=C=C2.CC.CC. The van der Waals surface area contributed by atoms with Crippen LogP contribution in [-0.2, 0) is 0 Å². The fourth-order valence-corrected chi connectivity index (χ4v) is 2.06. The van der Waals surface area contributed by atoms with E-state index >= 15 is 0 Å². The van der Waals surface area contributed by atoms with Gasteiger partial charge in [0.05, 0.1) is 11.4 Å². The number of rotatable bonds is 6. The van der Waals surface area contributed by atoms with Crippen LogP contribution < -0.4 is 0 Å². The zero-order chi connectivity index (χ0) is 18.5. The van der Waals surface area contributed by atoms with Crippen molar-refractivity contribution in [1.29, 1.82) is 0 Å². The van der Waals surface area contributed by atoms with Crippen molar-refractivity contribution in [3.05, 3.63) is 85.7 Å². The average molecular weight is 320 g/mol. The molecule has 2 heteroatoms. The summed E-state index contributed by atoms with van der Waals surface area (Å²) in [7, 11) is 0. The van der Waals surface area contributed by atoms with Crippen molar-refractivity contribution in [2.75, 3.05) is 0 Å². The monoisotopic (exact) mass is 320 g/mol. The van der Waals surface area contributed by atoms with Gasteiger partial charge in [0.2, 0.25) is 0 Å². The second kappa shape index (κ2) is 11.7. The Labute approximate surface area is 146 Å². The lowest BCUT2D eigenvalue weighted by Gasteiger charge is -2.11. The van der Waals surface area contributed by atoms with E-state index in [0.717, 1.165) is 28.5 Å². The minimum absolute atomic E-state index is 0.798. The number of nitrogens with zero attached hydrogens (tertiary/aromatic N) is 2. The summed E-state index contributed by atoms with van der Waals surface area (Å²) in [4.78, 5) is 4.64. The molecule has 1 aromatic heterocycles. The molecule has 0 atom stereocenters. The fraction of sp³-hybridized carbons (Fsp3) is 0.182. The topological polar surface area (TPSA) is 17.8 Å². The maximum absolute atomic E-state index is 4.64. The Kier molecular flexibility index (Phi) is 10.3. The van der Waals surface area contributed by atoms with E-state index in [4.69, 9.17) is 0 Å². The Morgan fingerprint density at radius 1 is 0.958 bits per heavy atom. The Bertz CT molecular complexity index is 715. The molecular formula is C22H28N2. The van der Waals surface area contributed by atoms with Gasteiger partial charge in [-0.3, -0.25) is 4.57 Å². The Hall–Kier alpha value is -2.83. The first-order valence-corrected chi connectivity index (χ1v) is 8.23.